The minimum atomic E-state index is -0.267. The third kappa shape index (κ3) is 3.08. The number of rotatable bonds is 4. The molecule has 0 aliphatic heterocycles. The van der Waals surface area contributed by atoms with E-state index in [9.17, 15) is 9.59 Å². The van der Waals surface area contributed by atoms with Gasteiger partial charge in [-0.15, -0.1) is 0 Å². The molecule has 0 spiro atoms. The van der Waals surface area contributed by atoms with E-state index < -0.39 is 0 Å². The van der Waals surface area contributed by atoms with Gasteiger partial charge in [0.05, 0.1) is 26.6 Å². The standard InChI is InChI=1S/C13H20O4/c1-8-5-6-10(7-11(14)16-3)12(8)9(2)13(15)17-4/h9-10H,5-7H2,1-4H3. The van der Waals surface area contributed by atoms with Crippen molar-refractivity contribution >= 4 is 11.9 Å². The Morgan fingerprint density at radius 3 is 2.53 bits per heavy atom. The number of allylic oxidation sites excluding steroid dienone is 1. The van der Waals surface area contributed by atoms with E-state index in [1.165, 1.54) is 19.8 Å². The smallest absolute Gasteiger partial charge is 0.312 e. The quantitative estimate of drug-likeness (QED) is 0.557. The third-order valence-corrected chi connectivity index (χ3v) is 3.46. The Morgan fingerprint density at radius 1 is 1.35 bits per heavy atom. The van der Waals surface area contributed by atoms with E-state index in [1.807, 2.05) is 13.8 Å². The van der Waals surface area contributed by atoms with Crippen molar-refractivity contribution in [2.24, 2.45) is 11.8 Å². The summed E-state index contributed by atoms with van der Waals surface area (Å²) in [5.74, 6) is -0.607. The number of carbonyl (C=O) groups is 2. The summed E-state index contributed by atoms with van der Waals surface area (Å²) in [5.41, 5.74) is 2.26. The fraction of sp³-hybridized carbons (Fsp3) is 0.692. The van der Waals surface area contributed by atoms with Crippen molar-refractivity contribution in [3.63, 3.8) is 0 Å². The average Bonchev–Trinajstić information content (AvgIpc) is 2.68. The molecule has 0 N–H and O–H groups in total. The molecule has 96 valence electrons. The van der Waals surface area contributed by atoms with Gasteiger partial charge in [0.1, 0.15) is 0 Å². The monoisotopic (exact) mass is 240 g/mol. The number of esters is 2. The number of methoxy groups -OCH3 is 2. The van der Waals surface area contributed by atoms with Crippen molar-refractivity contribution < 1.29 is 19.1 Å². The minimum absolute atomic E-state index is 0.122. The Kier molecular flexibility index (Phi) is 4.73. The van der Waals surface area contributed by atoms with E-state index in [1.54, 1.807) is 0 Å². The van der Waals surface area contributed by atoms with Crippen LogP contribution in [0.3, 0.4) is 0 Å². The zero-order chi connectivity index (χ0) is 13.0. The largest absolute Gasteiger partial charge is 0.469 e. The zero-order valence-corrected chi connectivity index (χ0v) is 10.9. The van der Waals surface area contributed by atoms with Gasteiger partial charge in [0.15, 0.2) is 0 Å². The van der Waals surface area contributed by atoms with Gasteiger partial charge in [-0.05, 0) is 32.6 Å². The molecule has 0 heterocycles. The molecule has 0 fully saturated rings. The first kappa shape index (κ1) is 13.7. The molecule has 0 aromatic heterocycles. The number of ether oxygens (including phenoxy) is 2. The van der Waals surface area contributed by atoms with Gasteiger partial charge in [-0.3, -0.25) is 9.59 Å². The van der Waals surface area contributed by atoms with Crippen LogP contribution >= 0.6 is 0 Å². The van der Waals surface area contributed by atoms with Crippen LogP contribution in [0, 0.1) is 11.8 Å². The summed E-state index contributed by atoms with van der Waals surface area (Å²) in [4.78, 5) is 22.9. The van der Waals surface area contributed by atoms with Crippen molar-refractivity contribution in [2.45, 2.75) is 33.1 Å². The summed E-state index contributed by atoms with van der Waals surface area (Å²) in [6.07, 6.45) is 2.21. The highest BCUT2D eigenvalue weighted by molar-refractivity contribution is 5.77. The maximum absolute atomic E-state index is 11.6. The summed E-state index contributed by atoms with van der Waals surface area (Å²) in [7, 11) is 2.77. The van der Waals surface area contributed by atoms with E-state index in [-0.39, 0.29) is 23.8 Å². The second kappa shape index (κ2) is 5.84. The Labute approximate surface area is 102 Å². The van der Waals surface area contributed by atoms with Gasteiger partial charge in [0.25, 0.3) is 0 Å². The highest BCUT2D eigenvalue weighted by Crippen LogP contribution is 2.39. The third-order valence-electron chi connectivity index (χ3n) is 3.46. The lowest BCUT2D eigenvalue weighted by Gasteiger charge is -2.19. The van der Waals surface area contributed by atoms with Crippen molar-refractivity contribution in [1.29, 1.82) is 0 Å². The first-order valence-electron chi connectivity index (χ1n) is 5.85. The fourth-order valence-corrected chi connectivity index (χ4v) is 2.56. The molecule has 1 aliphatic rings. The summed E-state index contributed by atoms with van der Waals surface area (Å²) < 4.78 is 9.45. The second-order valence-corrected chi connectivity index (χ2v) is 4.50. The van der Waals surface area contributed by atoms with Crippen LogP contribution in [0.15, 0.2) is 11.1 Å². The Balaban J connectivity index is 2.81. The van der Waals surface area contributed by atoms with E-state index >= 15 is 0 Å². The van der Waals surface area contributed by atoms with Crippen LogP contribution in [0.2, 0.25) is 0 Å². The maximum Gasteiger partial charge on any atom is 0.312 e. The SMILES string of the molecule is COC(=O)CC1CCC(C)=C1C(C)C(=O)OC. The molecule has 0 saturated heterocycles. The van der Waals surface area contributed by atoms with Crippen molar-refractivity contribution in [3.8, 4) is 0 Å². The molecule has 0 aromatic rings. The van der Waals surface area contributed by atoms with Crippen molar-refractivity contribution in [1.82, 2.24) is 0 Å². The Hall–Kier alpha value is -1.32. The first-order chi connectivity index (χ1) is 8.01. The molecule has 0 bridgehead atoms. The maximum atomic E-state index is 11.6. The lowest BCUT2D eigenvalue weighted by molar-refractivity contribution is -0.145. The fourth-order valence-electron chi connectivity index (χ4n) is 2.56. The summed E-state index contributed by atoms with van der Waals surface area (Å²) in [6.45, 7) is 3.85. The second-order valence-electron chi connectivity index (χ2n) is 4.50. The van der Waals surface area contributed by atoms with Crippen LogP contribution in [0.4, 0.5) is 0 Å². The van der Waals surface area contributed by atoms with Crippen LogP contribution < -0.4 is 0 Å². The topological polar surface area (TPSA) is 52.6 Å². The van der Waals surface area contributed by atoms with E-state index in [4.69, 9.17) is 4.74 Å². The van der Waals surface area contributed by atoms with Crippen molar-refractivity contribution in [2.75, 3.05) is 14.2 Å². The lowest BCUT2D eigenvalue weighted by Crippen LogP contribution is -2.21. The molecule has 0 aromatic carbocycles. The van der Waals surface area contributed by atoms with Gasteiger partial charge < -0.3 is 9.47 Å². The molecule has 4 heteroatoms. The predicted molar refractivity (Wildman–Crippen MR) is 63.2 cm³/mol. The highest BCUT2D eigenvalue weighted by atomic mass is 16.5. The molecule has 4 nitrogen and oxygen atoms in total. The Morgan fingerprint density at radius 2 is 2.00 bits per heavy atom. The number of hydrogen-bond donors (Lipinski definition) is 0. The predicted octanol–water partition coefficient (Wildman–Crippen LogP) is 2.09. The van der Waals surface area contributed by atoms with Gasteiger partial charge in [-0.1, -0.05) is 11.1 Å². The van der Waals surface area contributed by atoms with Gasteiger partial charge in [0, 0.05) is 0 Å². The van der Waals surface area contributed by atoms with Crippen LogP contribution in [-0.4, -0.2) is 26.2 Å². The van der Waals surface area contributed by atoms with Gasteiger partial charge in [-0.25, -0.2) is 0 Å². The highest BCUT2D eigenvalue weighted by Gasteiger charge is 2.32. The Bertz CT molecular complexity index is 343. The van der Waals surface area contributed by atoms with E-state index in [0.717, 1.165) is 18.4 Å². The first-order valence-corrected chi connectivity index (χ1v) is 5.85. The van der Waals surface area contributed by atoms with Gasteiger partial charge in [-0.2, -0.15) is 0 Å². The average molecular weight is 240 g/mol. The van der Waals surface area contributed by atoms with Crippen LogP contribution in [0.5, 0.6) is 0 Å². The molecule has 0 radical (unpaired) electrons. The van der Waals surface area contributed by atoms with Gasteiger partial charge in [0.2, 0.25) is 0 Å². The molecule has 2 unspecified atom stereocenters. The number of carbonyl (C=O) groups excluding carboxylic acids is 2. The molecule has 0 amide bonds. The van der Waals surface area contributed by atoms with Crippen LogP contribution in [-0.2, 0) is 19.1 Å². The zero-order valence-electron chi connectivity index (χ0n) is 10.9. The molecular formula is C13H20O4. The molecule has 17 heavy (non-hydrogen) atoms. The lowest BCUT2D eigenvalue weighted by atomic mass is 9.88. The van der Waals surface area contributed by atoms with Crippen LogP contribution in [0.1, 0.15) is 33.1 Å². The van der Waals surface area contributed by atoms with E-state index in [0.29, 0.717) is 6.42 Å². The summed E-state index contributed by atoms with van der Waals surface area (Å²) in [5, 5.41) is 0. The molecule has 1 rings (SSSR count). The molecule has 0 saturated carbocycles. The minimum Gasteiger partial charge on any atom is -0.469 e. The molecule has 2 atom stereocenters. The van der Waals surface area contributed by atoms with Crippen molar-refractivity contribution in [3.05, 3.63) is 11.1 Å². The van der Waals surface area contributed by atoms with E-state index in [2.05, 4.69) is 4.74 Å². The number of hydrogen-bond acceptors (Lipinski definition) is 4. The summed E-state index contributed by atoms with van der Waals surface area (Å²) >= 11 is 0. The normalized spacial score (nSPS) is 21.3. The van der Waals surface area contributed by atoms with Gasteiger partial charge >= 0.3 is 11.9 Å². The van der Waals surface area contributed by atoms with Crippen LogP contribution in [0.25, 0.3) is 0 Å². The molecular weight excluding hydrogens is 220 g/mol. The molecule has 1 aliphatic carbocycles. The summed E-state index contributed by atoms with van der Waals surface area (Å²) in [6, 6.07) is 0.